The van der Waals surface area contributed by atoms with E-state index in [4.69, 9.17) is 14.7 Å². The topological polar surface area (TPSA) is 51.2 Å². The van der Waals surface area contributed by atoms with Crippen LogP contribution in [0.5, 0.6) is 5.75 Å². The van der Waals surface area contributed by atoms with Crippen LogP contribution in [0.3, 0.4) is 0 Å². The molecule has 2 aliphatic carbocycles. The summed E-state index contributed by atoms with van der Waals surface area (Å²) in [5, 5.41) is 2.45. The molecule has 3 aliphatic rings. The van der Waals surface area contributed by atoms with Gasteiger partial charge in [0, 0.05) is 44.1 Å². The fraction of sp³-hybridized carbons (Fsp3) is 0.0962. The van der Waals surface area contributed by atoms with Crippen molar-refractivity contribution < 1.29 is 4.74 Å². The van der Waals surface area contributed by atoms with Crippen molar-refractivity contribution in [3.05, 3.63) is 204 Å². The van der Waals surface area contributed by atoms with E-state index in [-0.39, 0.29) is 12.1 Å². The molecule has 2 heterocycles. The van der Waals surface area contributed by atoms with Gasteiger partial charge in [0.05, 0.1) is 12.6 Å². The molecule has 1 aliphatic heterocycles. The number of para-hydroxylation sites is 1. The molecule has 1 aromatic heterocycles. The van der Waals surface area contributed by atoms with E-state index in [9.17, 15) is 0 Å². The van der Waals surface area contributed by atoms with Gasteiger partial charge >= 0.3 is 0 Å². The number of aromatic nitrogens is 1. The number of rotatable bonds is 7. The molecular formula is C52H40N4O. The fourth-order valence-corrected chi connectivity index (χ4v) is 8.48. The third-order valence-corrected chi connectivity index (χ3v) is 11.2. The second kappa shape index (κ2) is 14.9. The molecule has 0 saturated heterocycles. The van der Waals surface area contributed by atoms with Crippen LogP contribution in [0.15, 0.2) is 203 Å². The quantitative estimate of drug-likeness (QED) is 0.119. The maximum Gasteiger partial charge on any atom is 0.161 e. The van der Waals surface area contributed by atoms with Crippen molar-refractivity contribution in [1.82, 2.24) is 4.57 Å². The van der Waals surface area contributed by atoms with Gasteiger partial charge in [0.1, 0.15) is 11.9 Å². The van der Waals surface area contributed by atoms with Gasteiger partial charge in [-0.1, -0.05) is 158 Å². The summed E-state index contributed by atoms with van der Waals surface area (Å²) in [6.07, 6.45) is 15.1. The molecule has 274 valence electrons. The molecule has 6 aromatic carbocycles. The van der Waals surface area contributed by atoms with Gasteiger partial charge in [-0.05, 0) is 71.7 Å². The standard InChI is InChI=1S/C52H40N4O/c1-53-51(39-29-27-38(28-30-39)36-17-7-3-8-18-36)55-52(54-34-35-15-5-2-6-16-35)43-23-14-26-48-49(43)42-22-13-25-47(50(42)57-48)56-45-24-12-11-21-41(45)44-33-40(31-32-46(44)56)37-19-9-4-10-20-37/h3-5,7-33,47,50H,1-2,6,34H2/b54-52-,55-51-. The molecule has 2 unspecified atom stereocenters. The van der Waals surface area contributed by atoms with Gasteiger partial charge in [-0.25, -0.2) is 9.98 Å². The monoisotopic (exact) mass is 736 g/mol. The van der Waals surface area contributed by atoms with Crippen LogP contribution in [0, 0.1) is 0 Å². The van der Waals surface area contributed by atoms with E-state index in [1.54, 1.807) is 0 Å². The van der Waals surface area contributed by atoms with Crippen LogP contribution >= 0.6 is 0 Å². The lowest BCUT2D eigenvalue weighted by atomic mass is 9.90. The molecule has 57 heavy (non-hydrogen) atoms. The molecule has 0 spiro atoms. The van der Waals surface area contributed by atoms with E-state index >= 15 is 0 Å². The molecule has 0 N–H and O–H groups in total. The van der Waals surface area contributed by atoms with Crippen LogP contribution in [-0.2, 0) is 0 Å². The lowest BCUT2D eigenvalue weighted by molar-refractivity contribution is 0.232. The minimum Gasteiger partial charge on any atom is -0.483 e. The lowest BCUT2D eigenvalue weighted by Crippen LogP contribution is -2.27. The van der Waals surface area contributed by atoms with Crippen LogP contribution in [0.1, 0.15) is 35.6 Å². The Bertz CT molecular complexity index is 2850. The number of allylic oxidation sites excluding steroid dienone is 4. The minimum atomic E-state index is -0.254. The van der Waals surface area contributed by atoms with E-state index in [1.165, 1.54) is 38.5 Å². The summed E-state index contributed by atoms with van der Waals surface area (Å²) in [6.45, 7) is 4.47. The molecule has 5 nitrogen and oxygen atoms in total. The Hall–Kier alpha value is -7.11. The first-order chi connectivity index (χ1) is 28.2. The third-order valence-electron chi connectivity index (χ3n) is 11.2. The summed E-state index contributed by atoms with van der Waals surface area (Å²) < 4.78 is 9.44. The summed E-state index contributed by atoms with van der Waals surface area (Å²) in [6, 6.07) is 50.9. The number of ether oxygens (including phenoxy) is 1. The number of benzene rings is 6. The van der Waals surface area contributed by atoms with Gasteiger partial charge in [-0.3, -0.25) is 4.99 Å². The molecule has 2 atom stereocenters. The summed E-state index contributed by atoms with van der Waals surface area (Å²) in [5.74, 6) is 1.94. The van der Waals surface area contributed by atoms with Crippen molar-refractivity contribution in [1.29, 1.82) is 0 Å². The van der Waals surface area contributed by atoms with Crippen LogP contribution in [0.2, 0.25) is 0 Å². The molecule has 0 amide bonds. The van der Waals surface area contributed by atoms with Crippen LogP contribution in [0.25, 0.3) is 49.6 Å². The highest BCUT2D eigenvalue weighted by Crippen LogP contribution is 2.48. The van der Waals surface area contributed by atoms with Crippen molar-refractivity contribution in [3.63, 3.8) is 0 Å². The summed E-state index contributed by atoms with van der Waals surface area (Å²) in [4.78, 5) is 14.9. The molecule has 7 aromatic rings. The van der Waals surface area contributed by atoms with Gasteiger partial charge in [0.2, 0.25) is 0 Å². The number of amidine groups is 2. The first-order valence-corrected chi connectivity index (χ1v) is 19.6. The maximum absolute atomic E-state index is 6.99. The molecule has 0 radical (unpaired) electrons. The van der Waals surface area contributed by atoms with Crippen molar-refractivity contribution in [2.75, 3.05) is 6.54 Å². The van der Waals surface area contributed by atoms with E-state index < -0.39 is 0 Å². The SMILES string of the molecule is C=N/C(=N\C(=N/CC1=CCCC=C1)c1cccc2c1C1=CC=CC(n3c4ccccc4c4cc(-c5ccccc5)ccc43)C1O2)c1ccc(-c2ccccc2)cc1. The van der Waals surface area contributed by atoms with E-state index in [0.29, 0.717) is 18.2 Å². The average Bonchev–Trinajstić information content (AvgIpc) is 3.83. The Morgan fingerprint density at radius 1 is 0.684 bits per heavy atom. The van der Waals surface area contributed by atoms with Crippen LogP contribution in [0.4, 0.5) is 0 Å². The highest BCUT2D eigenvalue weighted by atomic mass is 16.5. The predicted molar refractivity (Wildman–Crippen MR) is 238 cm³/mol. The van der Waals surface area contributed by atoms with Gasteiger partial charge in [-0.2, -0.15) is 0 Å². The zero-order valence-electron chi connectivity index (χ0n) is 31.5. The van der Waals surface area contributed by atoms with Gasteiger partial charge in [0.25, 0.3) is 0 Å². The summed E-state index contributed by atoms with van der Waals surface area (Å²) in [7, 11) is 0. The Kier molecular flexibility index (Phi) is 8.96. The third kappa shape index (κ3) is 6.37. The largest absolute Gasteiger partial charge is 0.483 e. The highest BCUT2D eigenvalue weighted by molar-refractivity contribution is 6.15. The average molecular weight is 737 g/mol. The van der Waals surface area contributed by atoms with Gasteiger partial charge in [-0.15, -0.1) is 0 Å². The Morgan fingerprint density at radius 3 is 2.18 bits per heavy atom. The first-order valence-electron chi connectivity index (χ1n) is 19.6. The number of aliphatic imine (C=N–C) groups is 3. The van der Waals surface area contributed by atoms with E-state index in [1.807, 2.05) is 12.1 Å². The van der Waals surface area contributed by atoms with Gasteiger partial charge < -0.3 is 9.30 Å². The predicted octanol–water partition coefficient (Wildman–Crippen LogP) is 12.3. The number of hydrogen-bond acceptors (Lipinski definition) is 2. The number of hydrogen-bond donors (Lipinski definition) is 0. The van der Waals surface area contributed by atoms with Gasteiger partial charge in [0.15, 0.2) is 11.7 Å². The van der Waals surface area contributed by atoms with Crippen molar-refractivity contribution in [3.8, 4) is 28.0 Å². The van der Waals surface area contributed by atoms with Crippen molar-refractivity contribution in [2.24, 2.45) is 15.0 Å². The number of nitrogens with zero attached hydrogens (tertiary/aromatic N) is 4. The molecule has 0 saturated carbocycles. The fourth-order valence-electron chi connectivity index (χ4n) is 8.48. The Balaban J connectivity index is 1.05. The van der Waals surface area contributed by atoms with E-state index in [2.05, 4.69) is 186 Å². The van der Waals surface area contributed by atoms with E-state index in [0.717, 1.165) is 52.0 Å². The Morgan fingerprint density at radius 2 is 1.40 bits per heavy atom. The summed E-state index contributed by atoms with van der Waals surface area (Å²) in [5.41, 5.74) is 12.1. The first kappa shape index (κ1) is 34.4. The lowest BCUT2D eigenvalue weighted by Gasteiger charge is -2.27. The second-order valence-electron chi connectivity index (χ2n) is 14.6. The highest BCUT2D eigenvalue weighted by Gasteiger charge is 2.39. The molecule has 0 bridgehead atoms. The number of fused-ring (bicyclic) bond motifs is 6. The molecular weight excluding hydrogens is 697 g/mol. The molecule has 0 fully saturated rings. The maximum atomic E-state index is 6.99. The smallest absolute Gasteiger partial charge is 0.161 e. The molecule has 10 rings (SSSR count). The van der Waals surface area contributed by atoms with Crippen molar-refractivity contribution >= 4 is 45.8 Å². The van der Waals surface area contributed by atoms with Crippen LogP contribution < -0.4 is 4.74 Å². The molecule has 5 heteroatoms. The Labute approximate surface area is 332 Å². The summed E-state index contributed by atoms with van der Waals surface area (Å²) >= 11 is 0. The second-order valence-corrected chi connectivity index (χ2v) is 14.6. The van der Waals surface area contributed by atoms with Crippen LogP contribution in [-0.4, -0.2) is 35.6 Å². The zero-order valence-corrected chi connectivity index (χ0v) is 31.5. The minimum absolute atomic E-state index is 0.0924. The van der Waals surface area contributed by atoms with Crippen molar-refractivity contribution in [2.45, 2.75) is 25.0 Å². The zero-order chi connectivity index (χ0) is 38.1. The normalized spacial score (nSPS) is 17.5.